The van der Waals surface area contributed by atoms with E-state index in [1.165, 1.54) is 12.2 Å². The summed E-state index contributed by atoms with van der Waals surface area (Å²) in [5.41, 5.74) is -5.30. The average molecular weight is 765 g/mol. The highest BCUT2D eigenvalue weighted by Gasteiger charge is 2.39. The largest absolute Gasteiger partial charge is 0.465 e. The van der Waals surface area contributed by atoms with E-state index in [2.05, 4.69) is 13.2 Å². The van der Waals surface area contributed by atoms with E-state index in [4.69, 9.17) is 23.7 Å². The van der Waals surface area contributed by atoms with Crippen molar-refractivity contribution in [1.29, 1.82) is 0 Å². The van der Waals surface area contributed by atoms with Gasteiger partial charge in [-0.25, -0.2) is 0 Å². The van der Waals surface area contributed by atoms with Crippen molar-refractivity contribution in [1.82, 2.24) is 0 Å². The molecule has 0 spiro atoms. The molecule has 0 aromatic heterocycles. The average Bonchev–Trinajstić information content (AvgIpc) is 3.16. The zero-order chi connectivity index (χ0) is 41.9. The molecule has 10 heteroatoms. The Morgan fingerprint density at radius 3 is 1.20 bits per heavy atom. The van der Waals surface area contributed by atoms with Crippen molar-refractivity contribution < 1.29 is 47.7 Å². The summed E-state index contributed by atoms with van der Waals surface area (Å²) in [6.45, 7) is 30.4. The molecule has 0 saturated heterocycles. The van der Waals surface area contributed by atoms with Gasteiger partial charge in [0.25, 0.3) is 0 Å². The van der Waals surface area contributed by atoms with Crippen molar-refractivity contribution in [2.45, 2.75) is 183 Å². The molecule has 0 aromatic carbocycles. The smallest absolute Gasteiger partial charge is 0.313 e. The molecule has 0 saturated carbocycles. The summed E-state index contributed by atoms with van der Waals surface area (Å²) in [6, 6.07) is 0. The van der Waals surface area contributed by atoms with Crippen molar-refractivity contribution in [2.75, 3.05) is 33.0 Å². The molecular formula is C44H76O10. The number of carbonyl (C=O) groups excluding carboxylic acids is 5. The van der Waals surface area contributed by atoms with Crippen molar-refractivity contribution in [3.05, 3.63) is 25.3 Å². The number of carbonyl (C=O) groups is 5. The van der Waals surface area contributed by atoms with Crippen LogP contribution in [0, 0.1) is 10.8 Å². The molecule has 0 radical (unpaired) electrons. The molecule has 0 aliphatic rings. The topological polar surface area (TPSA) is 132 Å². The summed E-state index contributed by atoms with van der Waals surface area (Å²) >= 11 is 0. The Hall–Kier alpha value is -2.53. The highest BCUT2D eigenvalue weighted by Crippen LogP contribution is 2.29. The summed E-state index contributed by atoms with van der Waals surface area (Å²) < 4.78 is 29.8. The highest BCUT2D eigenvalue weighted by molar-refractivity contribution is 5.96. The molecular weight excluding hydrogens is 688 g/mol. The lowest BCUT2D eigenvalue weighted by atomic mass is 9.90. The SMILES string of the molecule is C=CC(=O)C(C)(CC)OCCCCCC(=O)C(C)(CC)OCC(C)(C)COC(=O)C(C)(C)COC(C)(CC)C(=O)CCCCCOC(C)(CC)C(=O)C=C. The summed E-state index contributed by atoms with van der Waals surface area (Å²) in [4.78, 5) is 63.9. The van der Waals surface area contributed by atoms with Crippen molar-refractivity contribution in [3.63, 3.8) is 0 Å². The predicted octanol–water partition coefficient (Wildman–Crippen LogP) is 9.09. The first-order valence-electron chi connectivity index (χ1n) is 20.1. The summed E-state index contributed by atoms with van der Waals surface area (Å²) in [6.07, 6.45) is 9.77. The van der Waals surface area contributed by atoms with Crippen LogP contribution in [0.3, 0.4) is 0 Å². The van der Waals surface area contributed by atoms with E-state index < -0.39 is 39.2 Å². The fourth-order valence-corrected chi connectivity index (χ4v) is 5.39. The minimum atomic E-state index is -1.04. The fourth-order valence-electron chi connectivity index (χ4n) is 5.39. The molecule has 10 nitrogen and oxygen atoms in total. The van der Waals surface area contributed by atoms with Crippen LogP contribution in [0.2, 0.25) is 0 Å². The van der Waals surface area contributed by atoms with E-state index in [1.807, 2.05) is 48.5 Å². The van der Waals surface area contributed by atoms with Gasteiger partial charge in [-0.2, -0.15) is 0 Å². The van der Waals surface area contributed by atoms with Gasteiger partial charge in [0.05, 0.1) is 25.2 Å². The number of Topliss-reactive ketones (excluding diaryl/α,β-unsaturated/α-hetero) is 2. The van der Waals surface area contributed by atoms with E-state index >= 15 is 0 Å². The summed E-state index contributed by atoms with van der Waals surface area (Å²) in [5, 5.41) is 0. The number of ether oxygens (including phenoxy) is 5. The Morgan fingerprint density at radius 1 is 0.481 bits per heavy atom. The van der Waals surface area contributed by atoms with Crippen LogP contribution in [0.4, 0.5) is 0 Å². The molecule has 312 valence electrons. The lowest BCUT2D eigenvalue weighted by Gasteiger charge is -2.34. The van der Waals surface area contributed by atoms with E-state index in [0.717, 1.165) is 25.7 Å². The van der Waals surface area contributed by atoms with Crippen molar-refractivity contribution in [3.8, 4) is 0 Å². The van der Waals surface area contributed by atoms with Gasteiger partial charge in [-0.05, 0) is 105 Å². The van der Waals surface area contributed by atoms with Gasteiger partial charge < -0.3 is 23.7 Å². The maximum Gasteiger partial charge on any atom is 0.313 e. The first-order chi connectivity index (χ1) is 25.0. The zero-order valence-corrected chi connectivity index (χ0v) is 36.2. The maximum atomic E-state index is 13.2. The second-order valence-electron chi connectivity index (χ2n) is 16.8. The molecule has 0 aliphatic heterocycles. The van der Waals surface area contributed by atoms with E-state index in [0.29, 0.717) is 64.6 Å². The van der Waals surface area contributed by atoms with Gasteiger partial charge in [-0.15, -0.1) is 0 Å². The van der Waals surface area contributed by atoms with Crippen LogP contribution in [0.25, 0.3) is 0 Å². The Kier molecular flexibility index (Phi) is 22.4. The number of unbranched alkanes of at least 4 members (excludes halogenated alkanes) is 4. The molecule has 0 fully saturated rings. The molecule has 0 bridgehead atoms. The van der Waals surface area contributed by atoms with Crippen LogP contribution < -0.4 is 0 Å². The van der Waals surface area contributed by atoms with Crippen LogP contribution in [0.1, 0.15) is 160 Å². The number of rotatable bonds is 33. The van der Waals surface area contributed by atoms with Gasteiger partial charge in [0, 0.05) is 31.5 Å². The Bertz CT molecular complexity index is 1240. The lowest BCUT2D eigenvalue weighted by molar-refractivity contribution is -0.171. The minimum Gasteiger partial charge on any atom is -0.465 e. The molecule has 4 atom stereocenters. The van der Waals surface area contributed by atoms with Crippen molar-refractivity contribution in [2.24, 2.45) is 10.8 Å². The predicted molar refractivity (Wildman–Crippen MR) is 214 cm³/mol. The van der Waals surface area contributed by atoms with Gasteiger partial charge in [-0.1, -0.05) is 67.5 Å². The van der Waals surface area contributed by atoms with E-state index in [-0.39, 0.29) is 43.0 Å². The third-order valence-corrected chi connectivity index (χ3v) is 10.9. The van der Waals surface area contributed by atoms with Crippen LogP contribution in [-0.2, 0) is 47.7 Å². The molecule has 0 N–H and O–H groups in total. The quantitative estimate of drug-likeness (QED) is 0.0362. The second-order valence-corrected chi connectivity index (χ2v) is 16.8. The second kappa shape index (κ2) is 23.5. The Labute approximate surface area is 327 Å². The van der Waals surface area contributed by atoms with Crippen LogP contribution in [0.5, 0.6) is 0 Å². The number of ketones is 4. The molecule has 0 heterocycles. The number of hydrogen-bond donors (Lipinski definition) is 0. The van der Waals surface area contributed by atoms with Crippen LogP contribution in [-0.4, -0.2) is 84.5 Å². The van der Waals surface area contributed by atoms with E-state index in [1.54, 1.807) is 34.6 Å². The molecule has 0 rings (SSSR count). The molecule has 0 aromatic rings. The monoisotopic (exact) mass is 765 g/mol. The van der Waals surface area contributed by atoms with Gasteiger partial charge >= 0.3 is 5.97 Å². The lowest BCUT2D eigenvalue weighted by Crippen LogP contribution is -2.44. The third-order valence-electron chi connectivity index (χ3n) is 10.9. The van der Waals surface area contributed by atoms with Gasteiger partial charge in [0.1, 0.15) is 22.4 Å². The van der Waals surface area contributed by atoms with Gasteiger partial charge in [0.2, 0.25) is 0 Å². The van der Waals surface area contributed by atoms with E-state index in [9.17, 15) is 24.0 Å². The first-order valence-corrected chi connectivity index (χ1v) is 20.1. The minimum absolute atomic E-state index is 0.0129. The summed E-state index contributed by atoms with van der Waals surface area (Å²) in [5.74, 6) is -0.700. The third kappa shape index (κ3) is 16.7. The standard InChI is InChI=1S/C44H76O10/c1-15-34(45)41(11,17-3)51-29-25-21-23-27-36(47)43(13,19-5)53-32-39(7,8)31-50-38(49)40(9,10)33-54-44(14,20-6)37(48)28-24-22-26-30-52-42(12,18-4)35(46)16-2/h15-16H,1-2,17-33H2,3-14H3. The Balaban J connectivity index is 4.86. The normalized spacial score (nSPS) is 16.6. The van der Waals surface area contributed by atoms with Crippen molar-refractivity contribution >= 4 is 29.1 Å². The van der Waals surface area contributed by atoms with Gasteiger partial charge in [0.15, 0.2) is 23.1 Å². The molecule has 54 heavy (non-hydrogen) atoms. The maximum absolute atomic E-state index is 13.2. The zero-order valence-electron chi connectivity index (χ0n) is 36.2. The molecule has 0 aliphatic carbocycles. The molecule has 0 amide bonds. The highest BCUT2D eigenvalue weighted by atomic mass is 16.5. The first kappa shape index (κ1) is 51.5. The fraction of sp³-hybridized carbons (Fsp3) is 0.795. The number of esters is 1. The van der Waals surface area contributed by atoms with Gasteiger partial charge in [-0.3, -0.25) is 24.0 Å². The number of hydrogen-bond acceptors (Lipinski definition) is 10. The summed E-state index contributed by atoms with van der Waals surface area (Å²) in [7, 11) is 0. The van der Waals surface area contributed by atoms with Crippen LogP contribution >= 0.6 is 0 Å². The van der Waals surface area contributed by atoms with Crippen LogP contribution in [0.15, 0.2) is 25.3 Å². The molecule has 4 unspecified atom stereocenters. The Morgan fingerprint density at radius 2 is 0.852 bits per heavy atom.